The van der Waals surface area contributed by atoms with E-state index < -0.39 is 0 Å². The second kappa shape index (κ2) is 3.90. The molecule has 0 aliphatic heterocycles. The predicted molar refractivity (Wildman–Crippen MR) is 48.6 cm³/mol. The van der Waals surface area contributed by atoms with Crippen molar-refractivity contribution >= 4 is 5.91 Å². The lowest BCUT2D eigenvalue weighted by Crippen LogP contribution is -2.36. The second-order valence-electron chi connectivity index (χ2n) is 3.93. The molecule has 3 nitrogen and oxygen atoms in total. The summed E-state index contributed by atoms with van der Waals surface area (Å²) in [5.41, 5.74) is 5.79. The van der Waals surface area contributed by atoms with Gasteiger partial charge >= 0.3 is 0 Å². The van der Waals surface area contributed by atoms with Gasteiger partial charge in [0.25, 0.3) is 0 Å². The molecule has 1 atom stereocenters. The van der Waals surface area contributed by atoms with Gasteiger partial charge in [-0.05, 0) is 32.6 Å². The first-order valence-corrected chi connectivity index (χ1v) is 4.64. The summed E-state index contributed by atoms with van der Waals surface area (Å²) in [6.45, 7) is 3.92. The SMILES string of the molecule is CC(C)NC(=O)CC(N)C1CC1. The average molecular weight is 170 g/mol. The number of carbonyl (C=O) groups is 1. The van der Waals surface area contributed by atoms with Gasteiger partial charge in [0.1, 0.15) is 0 Å². The maximum Gasteiger partial charge on any atom is 0.221 e. The quantitative estimate of drug-likeness (QED) is 0.650. The zero-order valence-electron chi connectivity index (χ0n) is 7.84. The van der Waals surface area contributed by atoms with Crippen LogP contribution in [0.3, 0.4) is 0 Å². The Hall–Kier alpha value is -0.570. The van der Waals surface area contributed by atoms with E-state index in [9.17, 15) is 4.79 Å². The molecule has 1 saturated carbocycles. The van der Waals surface area contributed by atoms with E-state index >= 15 is 0 Å². The molecule has 70 valence electrons. The Morgan fingerprint density at radius 2 is 2.17 bits per heavy atom. The van der Waals surface area contributed by atoms with Gasteiger partial charge in [0.2, 0.25) is 5.91 Å². The van der Waals surface area contributed by atoms with Gasteiger partial charge in [-0.1, -0.05) is 0 Å². The lowest BCUT2D eigenvalue weighted by Gasteiger charge is -2.12. The van der Waals surface area contributed by atoms with Crippen LogP contribution in [0.2, 0.25) is 0 Å². The zero-order valence-corrected chi connectivity index (χ0v) is 7.84. The molecule has 0 spiro atoms. The van der Waals surface area contributed by atoms with Gasteiger partial charge in [-0.25, -0.2) is 0 Å². The third kappa shape index (κ3) is 3.22. The van der Waals surface area contributed by atoms with Crippen molar-refractivity contribution in [3.05, 3.63) is 0 Å². The third-order valence-electron chi connectivity index (χ3n) is 2.10. The number of carbonyl (C=O) groups excluding carboxylic acids is 1. The minimum Gasteiger partial charge on any atom is -0.354 e. The molecule has 12 heavy (non-hydrogen) atoms. The molecule has 0 saturated heterocycles. The van der Waals surface area contributed by atoms with Gasteiger partial charge < -0.3 is 11.1 Å². The van der Waals surface area contributed by atoms with E-state index in [0.717, 1.165) is 0 Å². The number of hydrogen-bond donors (Lipinski definition) is 2. The summed E-state index contributed by atoms with van der Waals surface area (Å²) in [4.78, 5) is 11.2. The van der Waals surface area contributed by atoms with Crippen molar-refractivity contribution in [2.24, 2.45) is 11.7 Å². The molecular formula is C9H18N2O. The molecular weight excluding hydrogens is 152 g/mol. The van der Waals surface area contributed by atoms with E-state index in [1.54, 1.807) is 0 Å². The van der Waals surface area contributed by atoms with Gasteiger partial charge in [0, 0.05) is 18.5 Å². The number of amides is 1. The van der Waals surface area contributed by atoms with E-state index in [4.69, 9.17) is 5.73 Å². The zero-order chi connectivity index (χ0) is 9.14. The molecule has 0 aromatic heterocycles. The first-order valence-electron chi connectivity index (χ1n) is 4.64. The fraction of sp³-hybridized carbons (Fsp3) is 0.889. The maximum absolute atomic E-state index is 11.2. The van der Waals surface area contributed by atoms with E-state index in [-0.39, 0.29) is 18.0 Å². The van der Waals surface area contributed by atoms with E-state index in [2.05, 4.69) is 5.32 Å². The Morgan fingerprint density at radius 3 is 2.58 bits per heavy atom. The van der Waals surface area contributed by atoms with Crippen LogP contribution >= 0.6 is 0 Å². The number of nitrogens with one attached hydrogen (secondary N) is 1. The second-order valence-corrected chi connectivity index (χ2v) is 3.93. The van der Waals surface area contributed by atoms with Crippen molar-refractivity contribution in [2.75, 3.05) is 0 Å². The molecule has 1 fully saturated rings. The van der Waals surface area contributed by atoms with Gasteiger partial charge in [0.15, 0.2) is 0 Å². The van der Waals surface area contributed by atoms with Crippen LogP contribution in [0.4, 0.5) is 0 Å². The normalized spacial score (nSPS) is 19.3. The van der Waals surface area contributed by atoms with Gasteiger partial charge in [0.05, 0.1) is 0 Å². The summed E-state index contributed by atoms with van der Waals surface area (Å²) in [5.74, 6) is 0.701. The molecule has 0 bridgehead atoms. The number of rotatable bonds is 4. The van der Waals surface area contributed by atoms with Crippen molar-refractivity contribution in [3.63, 3.8) is 0 Å². The summed E-state index contributed by atoms with van der Waals surface area (Å²) in [6, 6.07) is 0.313. The van der Waals surface area contributed by atoms with Crippen LogP contribution in [0.15, 0.2) is 0 Å². The fourth-order valence-electron chi connectivity index (χ4n) is 1.29. The van der Waals surface area contributed by atoms with Crippen LogP contribution in [0.25, 0.3) is 0 Å². The van der Waals surface area contributed by atoms with E-state index in [1.807, 2.05) is 13.8 Å². The summed E-state index contributed by atoms with van der Waals surface area (Å²) in [6.07, 6.45) is 2.90. The topological polar surface area (TPSA) is 55.1 Å². The van der Waals surface area contributed by atoms with Crippen LogP contribution in [0.1, 0.15) is 33.1 Å². The Labute approximate surface area is 73.7 Å². The highest BCUT2D eigenvalue weighted by atomic mass is 16.1. The highest BCUT2D eigenvalue weighted by molar-refractivity contribution is 5.76. The Kier molecular flexibility index (Phi) is 3.09. The molecule has 1 amide bonds. The van der Waals surface area contributed by atoms with Crippen LogP contribution in [0.5, 0.6) is 0 Å². The van der Waals surface area contributed by atoms with Crippen LogP contribution in [-0.2, 0) is 4.79 Å². The van der Waals surface area contributed by atoms with E-state index in [1.165, 1.54) is 12.8 Å². The third-order valence-corrected chi connectivity index (χ3v) is 2.10. The van der Waals surface area contributed by atoms with Gasteiger partial charge in [-0.3, -0.25) is 4.79 Å². The first kappa shape index (κ1) is 9.52. The standard InChI is InChI=1S/C9H18N2O/c1-6(2)11-9(12)5-8(10)7-3-4-7/h6-8H,3-5,10H2,1-2H3,(H,11,12). The first-order chi connectivity index (χ1) is 5.59. The van der Waals surface area contributed by atoms with Gasteiger partial charge in [-0.15, -0.1) is 0 Å². The van der Waals surface area contributed by atoms with Crippen LogP contribution in [-0.4, -0.2) is 18.0 Å². The Balaban J connectivity index is 2.15. The highest BCUT2D eigenvalue weighted by Gasteiger charge is 2.29. The van der Waals surface area contributed by atoms with Crippen molar-refractivity contribution < 1.29 is 4.79 Å². The predicted octanol–water partition coefficient (Wildman–Crippen LogP) is 0.638. The van der Waals surface area contributed by atoms with Crippen molar-refractivity contribution in [1.82, 2.24) is 5.32 Å². The molecule has 1 aliphatic carbocycles. The molecule has 1 unspecified atom stereocenters. The highest BCUT2D eigenvalue weighted by Crippen LogP contribution is 2.32. The fourth-order valence-corrected chi connectivity index (χ4v) is 1.29. The van der Waals surface area contributed by atoms with Crippen molar-refractivity contribution in [3.8, 4) is 0 Å². The maximum atomic E-state index is 11.2. The molecule has 3 N–H and O–H groups in total. The van der Waals surface area contributed by atoms with Crippen molar-refractivity contribution in [2.45, 2.75) is 45.2 Å². The van der Waals surface area contributed by atoms with Gasteiger partial charge in [-0.2, -0.15) is 0 Å². The molecule has 0 radical (unpaired) electrons. The molecule has 1 rings (SSSR count). The number of hydrogen-bond acceptors (Lipinski definition) is 2. The lowest BCUT2D eigenvalue weighted by molar-refractivity contribution is -0.122. The Morgan fingerprint density at radius 1 is 1.58 bits per heavy atom. The van der Waals surface area contributed by atoms with Crippen LogP contribution < -0.4 is 11.1 Å². The largest absolute Gasteiger partial charge is 0.354 e. The summed E-state index contributed by atoms with van der Waals surface area (Å²) >= 11 is 0. The molecule has 3 heteroatoms. The summed E-state index contributed by atoms with van der Waals surface area (Å²) < 4.78 is 0. The van der Waals surface area contributed by atoms with Crippen LogP contribution in [0, 0.1) is 5.92 Å². The molecule has 0 aromatic carbocycles. The molecule has 0 heterocycles. The molecule has 1 aliphatic rings. The summed E-state index contributed by atoms with van der Waals surface area (Å²) in [5, 5.41) is 2.84. The minimum absolute atomic E-state index is 0.0868. The monoisotopic (exact) mass is 170 g/mol. The van der Waals surface area contributed by atoms with E-state index in [0.29, 0.717) is 12.3 Å². The minimum atomic E-state index is 0.0868. The Bertz CT molecular complexity index is 164. The molecule has 0 aromatic rings. The average Bonchev–Trinajstić information content (AvgIpc) is 2.63. The summed E-state index contributed by atoms with van der Waals surface area (Å²) in [7, 11) is 0. The van der Waals surface area contributed by atoms with Crippen molar-refractivity contribution in [1.29, 1.82) is 0 Å². The number of nitrogens with two attached hydrogens (primary N) is 1. The lowest BCUT2D eigenvalue weighted by atomic mass is 10.1. The smallest absolute Gasteiger partial charge is 0.221 e.